The maximum atomic E-state index is 13.9. The van der Waals surface area contributed by atoms with Crippen LogP contribution in [-0.4, -0.2) is 20.9 Å². The first-order valence-electron chi connectivity index (χ1n) is 6.18. The minimum absolute atomic E-state index is 0.0495. The van der Waals surface area contributed by atoms with Gasteiger partial charge in [-0.1, -0.05) is 6.07 Å². The van der Waals surface area contributed by atoms with Crippen molar-refractivity contribution in [2.24, 2.45) is 0 Å². The Bertz CT molecular complexity index is 676. The van der Waals surface area contributed by atoms with E-state index in [4.69, 9.17) is 5.11 Å². The number of fused-ring (bicyclic) bond motifs is 1. The molecule has 1 N–H and O–H groups in total. The number of nitrogens with zero attached hydrogens (tertiary/aromatic N) is 2. The Morgan fingerprint density at radius 2 is 2.21 bits per heavy atom. The fourth-order valence-electron chi connectivity index (χ4n) is 2.59. The molecule has 1 aromatic carbocycles. The number of aryl methyl sites for hydroxylation is 1. The number of carboxylic acids is 1. The Hall–Kier alpha value is -2.17. The molecule has 0 fully saturated rings. The van der Waals surface area contributed by atoms with Crippen LogP contribution in [0.1, 0.15) is 33.7 Å². The van der Waals surface area contributed by atoms with Crippen LogP contribution >= 0.6 is 0 Å². The third kappa shape index (κ3) is 1.82. The molecule has 98 valence electrons. The second kappa shape index (κ2) is 4.19. The van der Waals surface area contributed by atoms with Gasteiger partial charge in [0.05, 0.1) is 0 Å². The second-order valence-electron chi connectivity index (χ2n) is 4.80. The Labute approximate surface area is 109 Å². The summed E-state index contributed by atoms with van der Waals surface area (Å²) < 4.78 is 15.4. The molecule has 2 aromatic rings. The second-order valence-corrected chi connectivity index (χ2v) is 4.80. The highest BCUT2D eigenvalue weighted by molar-refractivity contribution is 5.87. The van der Waals surface area contributed by atoms with Crippen molar-refractivity contribution in [3.63, 3.8) is 0 Å². The number of carbonyl (C=O) groups is 1. The third-order valence-electron chi connectivity index (χ3n) is 3.46. The number of benzene rings is 1. The normalized spacial score (nSPS) is 13.6. The van der Waals surface area contributed by atoms with Crippen molar-refractivity contribution in [3.8, 4) is 5.69 Å². The van der Waals surface area contributed by atoms with Gasteiger partial charge in [-0.2, -0.15) is 5.10 Å². The summed E-state index contributed by atoms with van der Waals surface area (Å²) in [5, 5.41) is 13.2. The summed E-state index contributed by atoms with van der Waals surface area (Å²) >= 11 is 0. The van der Waals surface area contributed by atoms with E-state index in [2.05, 4.69) is 5.10 Å². The van der Waals surface area contributed by atoms with Crippen LogP contribution in [0.15, 0.2) is 18.2 Å². The number of hydrogen-bond acceptors (Lipinski definition) is 2. The maximum absolute atomic E-state index is 13.9. The number of aromatic carboxylic acids is 1. The highest BCUT2D eigenvalue weighted by Gasteiger charge is 2.27. The quantitative estimate of drug-likeness (QED) is 0.902. The summed E-state index contributed by atoms with van der Waals surface area (Å²) in [7, 11) is 0. The topological polar surface area (TPSA) is 55.1 Å². The van der Waals surface area contributed by atoms with Crippen molar-refractivity contribution in [2.45, 2.75) is 26.2 Å². The first-order valence-corrected chi connectivity index (χ1v) is 6.18. The van der Waals surface area contributed by atoms with E-state index in [1.165, 1.54) is 10.7 Å². The maximum Gasteiger partial charge on any atom is 0.356 e. The number of aromatic nitrogens is 2. The van der Waals surface area contributed by atoms with Crippen LogP contribution in [-0.2, 0) is 12.8 Å². The van der Waals surface area contributed by atoms with Gasteiger partial charge in [0.15, 0.2) is 5.69 Å². The van der Waals surface area contributed by atoms with E-state index < -0.39 is 5.97 Å². The molecule has 4 nitrogen and oxygen atoms in total. The van der Waals surface area contributed by atoms with E-state index in [0.29, 0.717) is 12.1 Å². The SMILES string of the molecule is Cc1ccc(F)c(-n2nc(C(=O)O)c3c2CCC3)c1. The van der Waals surface area contributed by atoms with E-state index in [1.54, 1.807) is 12.1 Å². The standard InChI is InChI=1S/C14H13FN2O2/c1-8-5-6-10(15)12(7-8)17-11-4-2-3-9(11)13(16-17)14(18)19/h5-7H,2-4H2,1H3,(H,18,19). The van der Waals surface area contributed by atoms with E-state index in [9.17, 15) is 9.18 Å². The molecule has 0 aliphatic heterocycles. The van der Waals surface area contributed by atoms with Crippen molar-refractivity contribution < 1.29 is 14.3 Å². The van der Waals surface area contributed by atoms with Crippen LogP contribution in [0.5, 0.6) is 0 Å². The zero-order valence-electron chi connectivity index (χ0n) is 10.5. The molecule has 19 heavy (non-hydrogen) atoms. The number of halogens is 1. The van der Waals surface area contributed by atoms with Gasteiger partial charge < -0.3 is 5.11 Å². The molecule has 1 aliphatic rings. The van der Waals surface area contributed by atoms with Crippen LogP contribution in [0.3, 0.4) is 0 Å². The molecule has 1 heterocycles. The summed E-state index contributed by atoms with van der Waals surface area (Å²) in [6, 6.07) is 4.75. The van der Waals surface area contributed by atoms with Crippen LogP contribution in [0, 0.1) is 12.7 Å². The van der Waals surface area contributed by atoms with Gasteiger partial charge in [-0.15, -0.1) is 0 Å². The van der Waals surface area contributed by atoms with Crippen molar-refractivity contribution >= 4 is 5.97 Å². The monoisotopic (exact) mass is 260 g/mol. The molecule has 3 rings (SSSR count). The van der Waals surface area contributed by atoms with E-state index >= 15 is 0 Å². The van der Waals surface area contributed by atoms with Gasteiger partial charge in [-0.3, -0.25) is 0 Å². The smallest absolute Gasteiger partial charge is 0.356 e. The third-order valence-corrected chi connectivity index (χ3v) is 3.46. The van der Waals surface area contributed by atoms with Gasteiger partial charge in [0.25, 0.3) is 0 Å². The van der Waals surface area contributed by atoms with Gasteiger partial charge in [-0.25, -0.2) is 13.9 Å². The predicted octanol–water partition coefficient (Wildman–Crippen LogP) is 2.51. The zero-order valence-corrected chi connectivity index (χ0v) is 10.5. The van der Waals surface area contributed by atoms with Crippen molar-refractivity contribution in [3.05, 3.63) is 46.5 Å². The molecule has 0 saturated heterocycles. The fourth-order valence-corrected chi connectivity index (χ4v) is 2.59. The lowest BCUT2D eigenvalue weighted by Crippen LogP contribution is -2.06. The molecule has 5 heteroatoms. The Morgan fingerprint density at radius 3 is 2.95 bits per heavy atom. The molecule has 1 aliphatic carbocycles. The van der Waals surface area contributed by atoms with Gasteiger partial charge in [0, 0.05) is 11.3 Å². The molecule has 0 radical (unpaired) electrons. The molecule has 1 aromatic heterocycles. The highest BCUT2D eigenvalue weighted by Crippen LogP contribution is 2.28. The van der Waals surface area contributed by atoms with Gasteiger partial charge in [0.2, 0.25) is 0 Å². The molecular formula is C14H13FN2O2. The van der Waals surface area contributed by atoms with E-state index in [-0.39, 0.29) is 11.5 Å². The summed E-state index contributed by atoms with van der Waals surface area (Å²) in [5.74, 6) is -1.44. The number of carboxylic acid groups (broad SMARTS) is 1. The minimum Gasteiger partial charge on any atom is -0.476 e. The lowest BCUT2D eigenvalue weighted by Gasteiger charge is -2.07. The van der Waals surface area contributed by atoms with Gasteiger partial charge in [0.1, 0.15) is 11.5 Å². The van der Waals surface area contributed by atoms with Crippen LogP contribution < -0.4 is 0 Å². The van der Waals surface area contributed by atoms with E-state index in [0.717, 1.165) is 29.7 Å². The Morgan fingerprint density at radius 1 is 1.42 bits per heavy atom. The summed E-state index contributed by atoms with van der Waals surface area (Å²) in [6.07, 6.45) is 2.33. The lowest BCUT2D eigenvalue weighted by molar-refractivity contribution is 0.0689. The average Bonchev–Trinajstić information content (AvgIpc) is 2.93. The van der Waals surface area contributed by atoms with Crippen LogP contribution in [0.2, 0.25) is 0 Å². The highest BCUT2D eigenvalue weighted by atomic mass is 19.1. The molecule has 0 amide bonds. The molecular weight excluding hydrogens is 247 g/mol. The fraction of sp³-hybridized carbons (Fsp3) is 0.286. The van der Waals surface area contributed by atoms with Gasteiger partial charge >= 0.3 is 5.97 Å². The Balaban J connectivity index is 2.23. The molecule has 0 atom stereocenters. The zero-order chi connectivity index (χ0) is 13.6. The predicted molar refractivity (Wildman–Crippen MR) is 67.2 cm³/mol. The molecule has 0 unspecified atom stereocenters. The average molecular weight is 260 g/mol. The van der Waals surface area contributed by atoms with Crippen molar-refractivity contribution in [1.29, 1.82) is 0 Å². The Kier molecular flexibility index (Phi) is 2.62. The number of hydrogen-bond donors (Lipinski definition) is 1. The first kappa shape index (κ1) is 11.9. The van der Waals surface area contributed by atoms with Crippen LogP contribution in [0.4, 0.5) is 4.39 Å². The minimum atomic E-state index is -1.05. The molecule has 0 spiro atoms. The van der Waals surface area contributed by atoms with Crippen molar-refractivity contribution in [2.75, 3.05) is 0 Å². The number of rotatable bonds is 2. The molecule has 0 bridgehead atoms. The first-order chi connectivity index (χ1) is 9.08. The van der Waals surface area contributed by atoms with Crippen molar-refractivity contribution in [1.82, 2.24) is 9.78 Å². The van der Waals surface area contributed by atoms with Crippen LogP contribution in [0.25, 0.3) is 5.69 Å². The lowest BCUT2D eigenvalue weighted by atomic mass is 10.2. The summed E-state index contributed by atoms with van der Waals surface area (Å²) in [5.41, 5.74) is 2.85. The summed E-state index contributed by atoms with van der Waals surface area (Å²) in [6.45, 7) is 1.87. The van der Waals surface area contributed by atoms with Gasteiger partial charge in [-0.05, 0) is 43.9 Å². The molecule has 0 saturated carbocycles. The largest absolute Gasteiger partial charge is 0.476 e. The summed E-state index contributed by atoms with van der Waals surface area (Å²) in [4.78, 5) is 11.2. The van der Waals surface area contributed by atoms with E-state index in [1.807, 2.05) is 6.92 Å².